The normalized spacial score (nSPS) is 29.8. The third-order valence-corrected chi connectivity index (χ3v) is 7.04. The van der Waals surface area contributed by atoms with E-state index in [-0.39, 0.29) is 12.4 Å². The minimum atomic E-state index is -4.16. The van der Waals surface area contributed by atoms with Crippen molar-refractivity contribution >= 4 is 36.6 Å². The van der Waals surface area contributed by atoms with E-state index >= 15 is 0 Å². The van der Waals surface area contributed by atoms with E-state index in [1.54, 1.807) is 11.7 Å². The number of ether oxygens (including phenoxy) is 3. The van der Waals surface area contributed by atoms with Gasteiger partial charge in [0.15, 0.2) is 22.8 Å². The molecular formula is C18H20N5O7PS. The van der Waals surface area contributed by atoms with E-state index in [0.717, 1.165) is 10.6 Å². The zero-order valence-electron chi connectivity index (χ0n) is 17.0. The van der Waals surface area contributed by atoms with Crippen molar-refractivity contribution in [1.29, 1.82) is 0 Å². The van der Waals surface area contributed by atoms with Gasteiger partial charge in [-0.1, -0.05) is 0 Å². The van der Waals surface area contributed by atoms with E-state index in [9.17, 15) is 9.46 Å². The van der Waals surface area contributed by atoms with Gasteiger partial charge in [-0.3, -0.25) is 13.6 Å². The highest BCUT2D eigenvalue weighted by Crippen LogP contribution is 2.53. The minimum absolute atomic E-state index is 0.100. The molecule has 0 bridgehead atoms. The smallest absolute Gasteiger partial charge is 0.472 e. The Kier molecular flexibility index (Phi) is 5.58. The number of fused-ring (bicyclic) bond motifs is 2. The van der Waals surface area contributed by atoms with Crippen LogP contribution in [-0.4, -0.2) is 63.6 Å². The van der Waals surface area contributed by atoms with E-state index in [0.29, 0.717) is 16.3 Å². The Morgan fingerprint density at radius 3 is 2.78 bits per heavy atom. The van der Waals surface area contributed by atoms with Crippen LogP contribution >= 0.6 is 19.6 Å². The van der Waals surface area contributed by atoms with Gasteiger partial charge >= 0.3 is 7.82 Å². The summed E-state index contributed by atoms with van der Waals surface area (Å²) in [5, 5.41) is 0.422. The zero-order valence-corrected chi connectivity index (χ0v) is 18.7. The molecular weight excluding hydrogens is 461 g/mol. The molecule has 0 spiro atoms. The summed E-state index contributed by atoms with van der Waals surface area (Å²) >= 11 is 1.33. The van der Waals surface area contributed by atoms with Crippen molar-refractivity contribution in [2.24, 2.45) is 0 Å². The van der Waals surface area contributed by atoms with Crippen molar-refractivity contribution in [3.8, 4) is 5.75 Å². The van der Waals surface area contributed by atoms with Crippen LogP contribution in [0.4, 0.5) is 5.82 Å². The number of phosphoric ester groups is 1. The van der Waals surface area contributed by atoms with Gasteiger partial charge in [-0.25, -0.2) is 19.5 Å². The predicted molar refractivity (Wildman–Crippen MR) is 112 cm³/mol. The van der Waals surface area contributed by atoms with Crippen molar-refractivity contribution in [2.75, 3.05) is 26.6 Å². The van der Waals surface area contributed by atoms with Gasteiger partial charge in [-0.2, -0.15) is 0 Å². The Morgan fingerprint density at radius 1 is 1.28 bits per heavy atom. The first-order valence-electron chi connectivity index (χ1n) is 9.54. The molecule has 3 N–H and O–H groups in total. The zero-order chi connectivity index (χ0) is 22.5. The van der Waals surface area contributed by atoms with Crippen LogP contribution in [-0.2, 0) is 23.1 Å². The number of imidazole rings is 1. The summed E-state index contributed by atoms with van der Waals surface area (Å²) in [7, 11) is -1.09. The number of nitrogens with two attached hydrogens (primary N) is 1. The lowest BCUT2D eigenvalue weighted by Gasteiger charge is -2.29. The van der Waals surface area contributed by atoms with Gasteiger partial charge < -0.3 is 24.8 Å². The Labute approximate surface area is 186 Å². The summed E-state index contributed by atoms with van der Waals surface area (Å²) in [6.07, 6.45) is -1.29. The Balaban J connectivity index is 1.48. The second-order valence-electron chi connectivity index (χ2n) is 7.09. The second-order valence-corrected chi connectivity index (χ2v) is 9.54. The van der Waals surface area contributed by atoms with E-state index in [2.05, 4.69) is 15.0 Å². The molecule has 4 heterocycles. The summed E-state index contributed by atoms with van der Waals surface area (Å²) in [5.74, 6) is 0.959. The molecule has 0 saturated carbocycles. The van der Waals surface area contributed by atoms with Crippen LogP contribution in [0.1, 0.15) is 6.23 Å². The molecule has 5 rings (SSSR count). The number of rotatable bonds is 5. The monoisotopic (exact) mass is 481 g/mol. The molecule has 1 aromatic carbocycles. The lowest BCUT2D eigenvalue weighted by atomic mass is 10.1. The van der Waals surface area contributed by atoms with Gasteiger partial charge in [-0.05, 0) is 36.0 Å². The maximum atomic E-state index is 11.9. The highest BCUT2D eigenvalue weighted by atomic mass is 32.2. The minimum Gasteiger partial charge on any atom is -0.497 e. The van der Waals surface area contributed by atoms with Gasteiger partial charge in [0.05, 0.1) is 20.0 Å². The number of aromatic nitrogens is 4. The molecule has 170 valence electrons. The van der Waals surface area contributed by atoms with E-state index in [4.69, 9.17) is 29.0 Å². The van der Waals surface area contributed by atoms with E-state index < -0.39 is 32.4 Å². The fourth-order valence-corrected chi connectivity index (χ4v) is 5.41. The standard InChI is InChI=1S/C18H20N5O7PS/c1-26-9-3-5-10(6-4-9)32-18-21-15(19)12-16(22-18)23(8-20-12)17-14(27-2)13-11(29-17)7-28-31(24,25)30-13/h3-6,8,11,13-14,17H,7H2,1-2H3,(H,24,25)(H2,19,21,22). The number of methoxy groups -OCH3 is 2. The van der Waals surface area contributed by atoms with E-state index in [1.165, 1.54) is 25.2 Å². The van der Waals surface area contributed by atoms with Crippen molar-refractivity contribution in [1.82, 2.24) is 19.5 Å². The molecule has 0 amide bonds. The van der Waals surface area contributed by atoms with Crippen LogP contribution in [0.15, 0.2) is 40.6 Å². The van der Waals surface area contributed by atoms with E-state index in [1.807, 2.05) is 24.3 Å². The molecule has 3 aromatic rings. The van der Waals surface area contributed by atoms with Crippen LogP contribution in [0.25, 0.3) is 11.2 Å². The molecule has 5 atom stereocenters. The molecule has 0 aliphatic carbocycles. The summed E-state index contributed by atoms with van der Waals surface area (Å²) in [6.45, 7) is -0.100. The number of hydrogen-bond donors (Lipinski definition) is 2. The third-order valence-electron chi connectivity index (χ3n) is 5.19. The van der Waals surface area contributed by atoms with Gasteiger partial charge in [0, 0.05) is 12.0 Å². The summed E-state index contributed by atoms with van der Waals surface area (Å²) < 4.78 is 40.4. The van der Waals surface area contributed by atoms with Crippen LogP contribution in [0.5, 0.6) is 5.75 Å². The highest BCUT2D eigenvalue weighted by molar-refractivity contribution is 7.99. The fraction of sp³-hybridized carbons (Fsp3) is 0.389. The van der Waals surface area contributed by atoms with Crippen LogP contribution in [0, 0.1) is 0 Å². The maximum absolute atomic E-state index is 11.9. The number of nitrogen functional groups attached to an aromatic ring is 1. The molecule has 0 radical (unpaired) electrons. The lowest BCUT2D eigenvalue weighted by Crippen LogP contribution is -2.40. The van der Waals surface area contributed by atoms with Gasteiger partial charge in [-0.15, -0.1) is 0 Å². The first kappa shape index (κ1) is 21.6. The van der Waals surface area contributed by atoms with Crippen molar-refractivity contribution in [3.63, 3.8) is 0 Å². The van der Waals surface area contributed by atoms with Crippen molar-refractivity contribution < 1.29 is 32.7 Å². The topological polar surface area (TPSA) is 153 Å². The van der Waals surface area contributed by atoms with Crippen molar-refractivity contribution in [3.05, 3.63) is 30.6 Å². The largest absolute Gasteiger partial charge is 0.497 e. The van der Waals surface area contributed by atoms with Crippen LogP contribution in [0.3, 0.4) is 0 Å². The molecule has 32 heavy (non-hydrogen) atoms. The number of hydrogen-bond acceptors (Lipinski definition) is 11. The Hall–Kier alpha value is -2.25. The van der Waals surface area contributed by atoms with Gasteiger partial charge in [0.25, 0.3) is 0 Å². The Morgan fingerprint density at radius 2 is 2.06 bits per heavy atom. The molecule has 2 aliphatic rings. The second kappa shape index (κ2) is 8.27. The fourth-order valence-electron chi connectivity index (χ4n) is 3.69. The summed E-state index contributed by atoms with van der Waals surface area (Å²) in [4.78, 5) is 23.9. The summed E-state index contributed by atoms with van der Waals surface area (Å²) in [6, 6.07) is 7.46. The average molecular weight is 481 g/mol. The number of anilines is 1. The maximum Gasteiger partial charge on any atom is 0.472 e. The molecule has 2 fully saturated rings. The summed E-state index contributed by atoms with van der Waals surface area (Å²) in [5.41, 5.74) is 6.98. The molecule has 12 nitrogen and oxygen atoms in total. The van der Waals surface area contributed by atoms with Crippen LogP contribution in [0.2, 0.25) is 0 Å². The molecule has 2 aliphatic heterocycles. The molecule has 5 unspecified atom stereocenters. The molecule has 14 heteroatoms. The quantitative estimate of drug-likeness (QED) is 0.405. The highest BCUT2D eigenvalue weighted by Gasteiger charge is 2.53. The van der Waals surface area contributed by atoms with Crippen molar-refractivity contribution in [2.45, 2.75) is 34.6 Å². The third kappa shape index (κ3) is 3.86. The SMILES string of the molecule is COc1ccc(Sc2nc(N)c3ncn(C4OC5COP(=O)(O)OC5C4OC)c3n2)cc1. The first-order valence-corrected chi connectivity index (χ1v) is 11.9. The Bertz CT molecular complexity index is 1190. The average Bonchev–Trinajstić information content (AvgIpc) is 3.34. The predicted octanol–water partition coefficient (Wildman–Crippen LogP) is 2.00. The first-order chi connectivity index (χ1) is 15.4. The van der Waals surface area contributed by atoms with Crippen LogP contribution < -0.4 is 10.5 Å². The van der Waals surface area contributed by atoms with Gasteiger partial charge in [0.1, 0.15) is 29.6 Å². The van der Waals surface area contributed by atoms with Gasteiger partial charge in [0.2, 0.25) is 0 Å². The molecule has 2 aromatic heterocycles. The molecule has 2 saturated heterocycles. The number of phosphoric acid groups is 1. The number of nitrogens with zero attached hydrogens (tertiary/aromatic N) is 4. The number of benzene rings is 1. The lowest BCUT2D eigenvalue weighted by molar-refractivity contribution is -0.0667.